The highest BCUT2D eigenvalue weighted by atomic mass is 16.2. The summed E-state index contributed by atoms with van der Waals surface area (Å²) in [5.74, 6) is 0.361. The molecule has 2 N–H and O–H groups in total. The highest BCUT2D eigenvalue weighted by Gasteiger charge is 2.31. The molecule has 1 heterocycles. The summed E-state index contributed by atoms with van der Waals surface area (Å²) >= 11 is 0. The molecule has 0 aromatic heterocycles. The van der Waals surface area contributed by atoms with Gasteiger partial charge in [-0.3, -0.25) is 9.59 Å². The van der Waals surface area contributed by atoms with Gasteiger partial charge in [-0.1, -0.05) is 24.6 Å². The molecular formula is C18H25N3O2. The summed E-state index contributed by atoms with van der Waals surface area (Å²) in [6.07, 6.45) is 3.84. The van der Waals surface area contributed by atoms with Crippen molar-refractivity contribution < 1.29 is 9.59 Å². The zero-order valence-electron chi connectivity index (χ0n) is 13.5. The van der Waals surface area contributed by atoms with Gasteiger partial charge in [0.2, 0.25) is 5.91 Å². The second-order valence-corrected chi connectivity index (χ2v) is 6.61. The van der Waals surface area contributed by atoms with Crippen LogP contribution < -0.4 is 5.73 Å². The Bertz CT molecular complexity index is 553. The lowest BCUT2D eigenvalue weighted by atomic mass is 9.85. The van der Waals surface area contributed by atoms with E-state index in [1.165, 1.54) is 0 Å². The van der Waals surface area contributed by atoms with Crippen LogP contribution in [0.15, 0.2) is 30.3 Å². The maximum Gasteiger partial charge on any atom is 0.253 e. The lowest BCUT2D eigenvalue weighted by Crippen LogP contribution is -2.52. The van der Waals surface area contributed by atoms with Gasteiger partial charge in [0.15, 0.2) is 0 Å². The number of piperazine rings is 1. The molecule has 1 aliphatic carbocycles. The van der Waals surface area contributed by atoms with Crippen LogP contribution in [0.2, 0.25) is 0 Å². The number of benzene rings is 1. The van der Waals surface area contributed by atoms with E-state index >= 15 is 0 Å². The molecule has 5 heteroatoms. The first kappa shape index (κ1) is 16.0. The quantitative estimate of drug-likeness (QED) is 0.899. The van der Waals surface area contributed by atoms with Gasteiger partial charge >= 0.3 is 0 Å². The van der Waals surface area contributed by atoms with Gasteiger partial charge in [-0.05, 0) is 31.4 Å². The molecule has 3 rings (SSSR count). The molecule has 1 aromatic rings. The maximum atomic E-state index is 12.6. The van der Waals surface area contributed by atoms with Crippen LogP contribution in [-0.4, -0.2) is 53.8 Å². The van der Waals surface area contributed by atoms with Gasteiger partial charge in [0.1, 0.15) is 0 Å². The number of hydrogen-bond donors (Lipinski definition) is 1. The zero-order valence-corrected chi connectivity index (χ0v) is 13.5. The molecule has 2 fully saturated rings. The molecule has 2 aliphatic rings. The van der Waals surface area contributed by atoms with E-state index in [9.17, 15) is 9.59 Å². The molecule has 0 radical (unpaired) electrons. The molecule has 1 aliphatic heterocycles. The van der Waals surface area contributed by atoms with Crippen LogP contribution in [0.3, 0.4) is 0 Å². The average Bonchev–Trinajstić information content (AvgIpc) is 2.61. The second-order valence-electron chi connectivity index (χ2n) is 6.61. The fraction of sp³-hybridized carbons (Fsp3) is 0.556. The summed E-state index contributed by atoms with van der Waals surface area (Å²) in [6, 6.07) is 9.49. The summed E-state index contributed by atoms with van der Waals surface area (Å²) in [5, 5.41) is 0. The highest BCUT2D eigenvalue weighted by molar-refractivity contribution is 5.94. The molecule has 1 saturated carbocycles. The first-order valence-electron chi connectivity index (χ1n) is 8.54. The van der Waals surface area contributed by atoms with E-state index in [1.54, 1.807) is 0 Å². The molecule has 23 heavy (non-hydrogen) atoms. The van der Waals surface area contributed by atoms with E-state index in [4.69, 9.17) is 5.73 Å². The Balaban J connectivity index is 1.54. The standard InChI is InChI=1S/C18H25N3O2/c19-16-8-4-7-15(13-16)18(23)21-11-9-20(10-12-21)17(22)14-5-2-1-3-6-14/h1-3,5-6,15-16H,4,7-13,19H2. The van der Waals surface area contributed by atoms with Crippen LogP contribution in [0, 0.1) is 5.92 Å². The highest BCUT2D eigenvalue weighted by Crippen LogP contribution is 2.25. The van der Waals surface area contributed by atoms with Crippen molar-refractivity contribution in [1.29, 1.82) is 0 Å². The molecule has 2 atom stereocenters. The monoisotopic (exact) mass is 315 g/mol. The van der Waals surface area contributed by atoms with Gasteiger partial charge in [0, 0.05) is 43.7 Å². The molecular weight excluding hydrogens is 290 g/mol. The minimum Gasteiger partial charge on any atom is -0.339 e. The molecule has 1 saturated heterocycles. The topological polar surface area (TPSA) is 66.6 Å². The number of nitrogens with two attached hydrogens (primary N) is 1. The van der Waals surface area contributed by atoms with Crippen molar-refractivity contribution in [2.24, 2.45) is 11.7 Å². The van der Waals surface area contributed by atoms with Crippen LogP contribution in [0.4, 0.5) is 0 Å². The van der Waals surface area contributed by atoms with Gasteiger partial charge in [-0.25, -0.2) is 0 Å². The second kappa shape index (κ2) is 7.13. The Morgan fingerprint density at radius 1 is 0.957 bits per heavy atom. The first-order valence-corrected chi connectivity index (χ1v) is 8.54. The van der Waals surface area contributed by atoms with Crippen LogP contribution in [0.25, 0.3) is 0 Å². The van der Waals surface area contributed by atoms with Gasteiger partial charge in [-0.2, -0.15) is 0 Å². The van der Waals surface area contributed by atoms with Gasteiger partial charge < -0.3 is 15.5 Å². The van der Waals surface area contributed by atoms with Crippen molar-refractivity contribution in [2.75, 3.05) is 26.2 Å². The Morgan fingerprint density at radius 3 is 2.26 bits per heavy atom. The molecule has 2 unspecified atom stereocenters. The number of carbonyl (C=O) groups is 2. The number of nitrogens with zero attached hydrogens (tertiary/aromatic N) is 2. The zero-order chi connectivity index (χ0) is 16.2. The SMILES string of the molecule is NC1CCCC(C(=O)N2CCN(C(=O)c3ccccc3)CC2)C1. The number of rotatable bonds is 2. The molecule has 124 valence electrons. The minimum atomic E-state index is 0.0531. The smallest absolute Gasteiger partial charge is 0.253 e. The third-order valence-corrected chi connectivity index (χ3v) is 4.96. The Kier molecular flexibility index (Phi) is 4.96. The Hall–Kier alpha value is -1.88. The largest absolute Gasteiger partial charge is 0.339 e. The van der Waals surface area contributed by atoms with Crippen molar-refractivity contribution in [3.63, 3.8) is 0 Å². The molecule has 2 amide bonds. The summed E-state index contributed by atoms with van der Waals surface area (Å²) < 4.78 is 0. The molecule has 1 aromatic carbocycles. The average molecular weight is 315 g/mol. The summed E-state index contributed by atoms with van der Waals surface area (Å²) in [7, 11) is 0. The molecule has 0 spiro atoms. The summed E-state index contributed by atoms with van der Waals surface area (Å²) in [6.45, 7) is 2.47. The van der Waals surface area contributed by atoms with E-state index in [1.807, 2.05) is 40.1 Å². The molecule has 0 bridgehead atoms. The van der Waals surface area contributed by atoms with Crippen LogP contribution in [-0.2, 0) is 4.79 Å². The van der Waals surface area contributed by atoms with Crippen molar-refractivity contribution in [3.05, 3.63) is 35.9 Å². The van der Waals surface area contributed by atoms with E-state index in [-0.39, 0.29) is 23.8 Å². The minimum absolute atomic E-state index is 0.0531. The number of carbonyl (C=O) groups excluding carboxylic acids is 2. The first-order chi connectivity index (χ1) is 11.1. The lowest BCUT2D eigenvalue weighted by molar-refractivity contribution is -0.138. The molecule has 5 nitrogen and oxygen atoms in total. The third-order valence-electron chi connectivity index (χ3n) is 4.96. The predicted octanol–water partition coefficient (Wildman–Crippen LogP) is 1.49. The summed E-state index contributed by atoms with van der Waals surface area (Å²) in [4.78, 5) is 28.8. The van der Waals surface area contributed by atoms with Gasteiger partial charge in [0.25, 0.3) is 5.91 Å². The Morgan fingerprint density at radius 2 is 1.61 bits per heavy atom. The van der Waals surface area contributed by atoms with Crippen molar-refractivity contribution in [3.8, 4) is 0 Å². The predicted molar refractivity (Wildman–Crippen MR) is 88.9 cm³/mol. The fourth-order valence-corrected chi connectivity index (χ4v) is 3.60. The van der Waals surface area contributed by atoms with Crippen LogP contribution >= 0.6 is 0 Å². The van der Waals surface area contributed by atoms with Crippen molar-refractivity contribution in [2.45, 2.75) is 31.7 Å². The number of amides is 2. The van der Waals surface area contributed by atoms with Crippen molar-refractivity contribution in [1.82, 2.24) is 9.80 Å². The fourth-order valence-electron chi connectivity index (χ4n) is 3.60. The van der Waals surface area contributed by atoms with E-state index in [0.29, 0.717) is 31.7 Å². The lowest BCUT2D eigenvalue weighted by Gasteiger charge is -2.37. The summed E-state index contributed by atoms with van der Waals surface area (Å²) in [5.41, 5.74) is 6.71. The maximum absolute atomic E-state index is 12.6. The number of hydrogen-bond acceptors (Lipinski definition) is 3. The van der Waals surface area contributed by atoms with E-state index in [0.717, 1.165) is 25.7 Å². The van der Waals surface area contributed by atoms with E-state index < -0.39 is 0 Å². The normalized spacial score (nSPS) is 25.3. The van der Waals surface area contributed by atoms with Gasteiger partial charge in [-0.15, -0.1) is 0 Å². The van der Waals surface area contributed by atoms with Crippen molar-refractivity contribution >= 4 is 11.8 Å². The third kappa shape index (κ3) is 3.72. The van der Waals surface area contributed by atoms with E-state index in [2.05, 4.69) is 0 Å². The van der Waals surface area contributed by atoms with Gasteiger partial charge in [0.05, 0.1) is 0 Å². The Labute approximate surface area is 137 Å². The van der Waals surface area contributed by atoms with Crippen LogP contribution in [0.5, 0.6) is 0 Å². The van der Waals surface area contributed by atoms with Crippen LogP contribution in [0.1, 0.15) is 36.0 Å².